The molecule has 0 aliphatic carbocycles. The van der Waals surface area contributed by atoms with Crippen LogP contribution in [-0.2, 0) is 0 Å². The average Bonchev–Trinajstić information content (AvgIpc) is 1.96. The first kappa shape index (κ1) is 9.14. The molecule has 1 heterocycles. The van der Waals surface area contributed by atoms with Gasteiger partial charge in [0.1, 0.15) is 0 Å². The van der Waals surface area contributed by atoms with Gasteiger partial charge >= 0.3 is 0 Å². The number of rotatable bonds is 3. The first-order valence-electron chi connectivity index (χ1n) is 4.15. The van der Waals surface area contributed by atoms with Gasteiger partial charge in [-0.15, -0.1) is 0 Å². The van der Waals surface area contributed by atoms with Crippen molar-refractivity contribution in [3.8, 4) is 0 Å². The molecule has 0 spiro atoms. The van der Waals surface area contributed by atoms with Crippen molar-refractivity contribution >= 4 is 11.8 Å². The van der Waals surface area contributed by atoms with Crippen LogP contribution < -0.4 is 5.32 Å². The molecule has 1 atom stereocenters. The SMILES string of the molecule is C/C=C/CNC1CSC1(C)C. The Balaban J connectivity index is 2.18. The van der Waals surface area contributed by atoms with E-state index in [9.17, 15) is 0 Å². The average molecular weight is 171 g/mol. The minimum absolute atomic E-state index is 0.460. The maximum absolute atomic E-state index is 3.50. The van der Waals surface area contributed by atoms with E-state index in [1.54, 1.807) is 0 Å². The molecule has 0 saturated carbocycles. The van der Waals surface area contributed by atoms with E-state index in [2.05, 4.69) is 38.2 Å². The second-order valence-electron chi connectivity index (χ2n) is 3.44. The van der Waals surface area contributed by atoms with Crippen LogP contribution >= 0.6 is 11.8 Å². The predicted molar refractivity (Wildman–Crippen MR) is 53.1 cm³/mol. The highest BCUT2D eigenvalue weighted by Gasteiger charge is 2.38. The number of hydrogen-bond donors (Lipinski definition) is 1. The standard InChI is InChI=1S/C9H17NS/c1-4-5-6-10-8-7-11-9(8,2)3/h4-5,8,10H,6-7H2,1-3H3/b5-4+. The fraction of sp³-hybridized carbons (Fsp3) is 0.778. The Kier molecular flexibility index (Phi) is 3.02. The van der Waals surface area contributed by atoms with Gasteiger partial charge in [-0.3, -0.25) is 0 Å². The molecule has 1 fully saturated rings. The van der Waals surface area contributed by atoms with Gasteiger partial charge in [0.15, 0.2) is 0 Å². The monoisotopic (exact) mass is 171 g/mol. The van der Waals surface area contributed by atoms with E-state index in [1.165, 1.54) is 5.75 Å². The minimum atomic E-state index is 0.460. The number of hydrogen-bond acceptors (Lipinski definition) is 2. The molecular formula is C9H17NS. The van der Waals surface area contributed by atoms with Gasteiger partial charge in [0.2, 0.25) is 0 Å². The van der Waals surface area contributed by atoms with E-state index in [-0.39, 0.29) is 0 Å². The van der Waals surface area contributed by atoms with Gasteiger partial charge in [0.25, 0.3) is 0 Å². The summed E-state index contributed by atoms with van der Waals surface area (Å²) in [6.07, 6.45) is 4.25. The van der Waals surface area contributed by atoms with Crippen molar-refractivity contribution in [3.63, 3.8) is 0 Å². The summed E-state index contributed by atoms with van der Waals surface area (Å²) < 4.78 is 0.460. The quantitative estimate of drug-likeness (QED) is 0.652. The first-order valence-corrected chi connectivity index (χ1v) is 5.14. The maximum Gasteiger partial charge on any atom is 0.0303 e. The van der Waals surface area contributed by atoms with Gasteiger partial charge in [-0.1, -0.05) is 12.2 Å². The van der Waals surface area contributed by atoms with Crippen molar-refractivity contribution in [1.29, 1.82) is 0 Å². The Morgan fingerprint density at radius 1 is 1.64 bits per heavy atom. The number of nitrogens with one attached hydrogen (secondary N) is 1. The Morgan fingerprint density at radius 3 is 2.73 bits per heavy atom. The number of allylic oxidation sites excluding steroid dienone is 1. The number of thioether (sulfide) groups is 1. The maximum atomic E-state index is 3.50. The second-order valence-corrected chi connectivity index (χ2v) is 5.12. The van der Waals surface area contributed by atoms with Crippen molar-refractivity contribution in [2.75, 3.05) is 12.3 Å². The molecule has 2 heteroatoms. The molecule has 1 nitrogen and oxygen atoms in total. The molecule has 0 aromatic rings. The van der Waals surface area contributed by atoms with Crippen LogP contribution in [0.25, 0.3) is 0 Å². The van der Waals surface area contributed by atoms with Gasteiger partial charge in [-0.25, -0.2) is 0 Å². The van der Waals surface area contributed by atoms with Crippen LogP contribution in [0.3, 0.4) is 0 Å². The molecule has 1 saturated heterocycles. The largest absolute Gasteiger partial charge is 0.308 e. The fourth-order valence-electron chi connectivity index (χ4n) is 1.13. The molecule has 1 aliphatic heterocycles. The van der Waals surface area contributed by atoms with Gasteiger partial charge < -0.3 is 5.32 Å². The summed E-state index contributed by atoms with van der Waals surface area (Å²) in [5.74, 6) is 1.27. The van der Waals surface area contributed by atoms with E-state index >= 15 is 0 Å². The highest BCUT2D eigenvalue weighted by molar-refractivity contribution is 8.02. The summed E-state index contributed by atoms with van der Waals surface area (Å²) in [6, 6.07) is 0.712. The van der Waals surface area contributed by atoms with Crippen molar-refractivity contribution < 1.29 is 0 Å². The van der Waals surface area contributed by atoms with E-state index in [0.29, 0.717) is 10.8 Å². The molecule has 11 heavy (non-hydrogen) atoms. The molecule has 0 radical (unpaired) electrons. The Hall–Kier alpha value is 0.0500. The van der Waals surface area contributed by atoms with E-state index in [1.807, 2.05) is 11.8 Å². The lowest BCUT2D eigenvalue weighted by Crippen LogP contribution is -2.54. The minimum Gasteiger partial charge on any atom is -0.308 e. The van der Waals surface area contributed by atoms with Crippen molar-refractivity contribution in [1.82, 2.24) is 5.32 Å². The van der Waals surface area contributed by atoms with E-state index < -0.39 is 0 Å². The van der Waals surface area contributed by atoms with Crippen LogP contribution in [0, 0.1) is 0 Å². The van der Waals surface area contributed by atoms with Crippen molar-refractivity contribution in [3.05, 3.63) is 12.2 Å². The zero-order chi connectivity index (χ0) is 8.32. The summed E-state index contributed by atoms with van der Waals surface area (Å²) in [4.78, 5) is 0. The third kappa shape index (κ3) is 2.24. The van der Waals surface area contributed by atoms with Crippen LogP contribution in [0.2, 0.25) is 0 Å². The Morgan fingerprint density at radius 2 is 2.36 bits per heavy atom. The zero-order valence-electron chi connectivity index (χ0n) is 7.55. The van der Waals surface area contributed by atoms with Crippen LogP contribution in [0.4, 0.5) is 0 Å². The lowest BCUT2D eigenvalue weighted by Gasteiger charge is -2.44. The van der Waals surface area contributed by atoms with Crippen LogP contribution in [-0.4, -0.2) is 23.1 Å². The van der Waals surface area contributed by atoms with Crippen molar-refractivity contribution in [2.24, 2.45) is 0 Å². The smallest absolute Gasteiger partial charge is 0.0303 e. The third-order valence-corrected chi connectivity index (χ3v) is 3.71. The summed E-state index contributed by atoms with van der Waals surface area (Å²) in [6.45, 7) is 7.68. The Bertz CT molecular complexity index is 152. The van der Waals surface area contributed by atoms with Gasteiger partial charge in [-0.05, 0) is 20.8 Å². The molecule has 1 rings (SSSR count). The summed E-state index contributed by atoms with van der Waals surface area (Å²) in [5, 5.41) is 3.50. The van der Waals surface area contributed by atoms with E-state index in [0.717, 1.165) is 6.54 Å². The van der Waals surface area contributed by atoms with Gasteiger partial charge in [0.05, 0.1) is 0 Å². The molecule has 1 aliphatic rings. The topological polar surface area (TPSA) is 12.0 Å². The highest BCUT2D eigenvalue weighted by atomic mass is 32.2. The molecule has 0 amide bonds. The van der Waals surface area contributed by atoms with Gasteiger partial charge in [-0.2, -0.15) is 11.8 Å². The molecule has 0 aromatic carbocycles. The van der Waals surface area contributed by atoms with E-state index in [4.69, 9.17) is 0 Å². The lowest BCUT2D eigenvalue weighted by atomic mass is 10.0. The van der Waals surface area contributed by atoms with Crippen molar-refractivity contribution in [2.45, 2.75) is 31.6 Å². The molecule has 0 bridgehead atoms. The molecule has 1 N–H and O–H groups in total. The molecule has 64 valence electrons. The predicted octanol–water partition coefficient (Wildman–Crippen LogP) is 2.05. The van der Waals surface area contributed by atoms with Crippen LogP contribution in [0.1, 0.15) is 20.8 Å². The lowest BCUT2D eigenvalue weighted by molar-refractivity contribution is 0.455. The zero-order valence-corrected chi connectivity index (χ0v) is 8.37. The van der Waals surface area contributed by atoms with Crippen LogP contribution in [0.5, 0.6) is 0 Å². The molecular weight excluding hydrogens is 154 g/mol. The molecule has 0 aromatic heterocycles. The Labute approximate surface area is 73.6 Å². The summed E-state index contributed by atoms with van der Waals surface area (Å²) in [7, 11) is 0. The first-order chi connectivity index (χ1) is 5.17. The molecule has 1 unspecified atom stereocenters. The summed E-state index contributed by atoms with van der Waals surface area (Å²) >= 11 is 2.04. The summed E-state index contributed by atoms with van der Waals surface area (Å²) in [5.41, 5.74) is 0. The van der Waals surface area contributed by atoms with Crippen LogP contribution in [0.15, 0.2) is 12.2 Å². The van der Waals surface area contributed by atoms with Gasteiger partial charge in [0, 0.05) is 23.1 Å². The highest BCUT2D eigenvalue weighted by Crippen LogP contribution is 2.39. The third-order valence-electron chi connectivity index (χ3n) is 2.18. The normalized spacial score (nSPS) is 28.8. The fourth-order valence-corrected chi connectivity index (χ4v) is 2.33. The second kappa shape index (κ2) is 3.63.